The molecular formula is C12H14N2O4S. The number of aromatic carboxylic acids is 1. The Balaban J connectivity index is 2.14. The van der Waals surface area contributed by atoms with Gasteiger partial charge < -0.3 is 15.7 Å². The van der Waals surface area contributed by atoms with Crippen LogP contribution < -0.4 is 10.6 Å². The molecule has 0 radical (unpaired) electrons. The Morgan fingerprint density at radius 3 is 2.84 bits per heavy atom. The average Bonchev–Trinajstić information content (AvgIpc) is 2.95. The molecule has 0 saturated carbocycles. The first-order valence-corrected chi connectivity index (χ1v) is 6.79. The van der Waals surface area contributed by atoms with Gasteiger partial charge in [0.15, 0.2) is 0 Å². The van der Waals surface area contributed by atoms with Crippen LogP contribution >= 0.6 is 11.3 Å². The number of thiophene rings is 1. The number of aryl methyl sites for hydroxylation is 1. The standard InChI is InChI=1S/C12H14N2O4S/c1-2-6-5-7(12(17)18)11(19-6)14-10(16)8-3-4-9(15)13-8/h5,8H,2-4H2,1H3,(H,13,15)(H,14,16)(H,17,18)/t8-/m1/s1. The molecule has 0 aromatic carbocycles. The maximum Gasteiger partial charge on any atom is 0.338 e. The van der Waals surface area contributed by atoms with Crippen molar-refractivity contribution in [2.45, 2.75) is 32.2 Å². The van der Waals surface area contributed by atoms with E-state index in [1.165, 1.54) is 11.3 Å². The summed E-state index contributed by atoms with van der Waals surface area (Å²) in [6, 6.07) is 0.997. The number of anilines is 1. The van der Waals surface area contributed by atoms with Gasteiger partial charge in [0.25, 0.3) is 0 Å². The Bertz CT molecular complexity index is 538. The number of nitrogens with one attached hydrogen (secondary N) is 2. The molecule has 6 nitrogen and oxygen atoms in total. The van der Waals surface area contributed by atoms with E-state index < -0.39 is 12.0 Å². The van der Waals surface area contributed by atoms with Crippen LogP contribution in [0.15, 0.2) is 6.07 Å². The average molecular weight is 282 g/mol. The molecule has 2 heterocycles. The topological polar surface area (TPSA) is 95.5 Å². The molecule has 0 aliphatic carbocycles. The Morgan fingerprint density at radius 1 is 1.58 bits per heavy atom. The zero-order valence-electron chi connectivity index (χ0n) is 10.4. The molecule has 2 amide bonds. The van der Waals surface area contributed by atoms with Gasteiger partial charge in [0, 0.05) is 11.3 Å². The van der Waals surface area contributed by atoms with Crippen LogP contribution in [0.2, 0.25) is 0 Å². The lowest BCUT2D eigenvalue weighted by molar-refractivity contribution is -0.122. The predicted molar refractivity (Wildman–Crippen MR) is 70.5 cm³/mol. The summed E-state index contributed by atoms with van der Waals surface area (Å²) in [4.78, 5) is 35.0. The van der Waals surface area contributed by atoms with E-state index >= 15 is 0 Å². The molecule has 19 heavy (non-hydrogen) atoms. The number of hydrogen-bond donors (Lipinski definition) is 3. The van der Waals surface area contributed by atoms with E-state index in [0.29, 0.717) is 24.3 Å². The number of rotatable bonds is 4. The maximum atomic E-state index is 11.9. The highest BCUT2D eigenvalue weighted by Crippen LogP contribution is 2.29. The second-order valence-corrected chi connectivity index (χ2v) is 5.40. The lowest BCUT2D eigenvalue weighted by Crippen LogP contribution is -2.37. The van der Waals surface area contributed by atoms with Gasteiger partial charge in [-0.15, -0.1) is 11.3 Å². The summed E-state index contributed by atoms with van der Waals surface area (Å²) >= 11 is 1.25. The predicted octanol–water partition coefficient (Wildman–Crippen LogP) is 1.23. The number of carboxylic acid groups (broad SMARTS) is 1. The summed E-state index contributed by atoms with van der Waals surface area (Å²) < 4.78 is 0. The van der Waals surface area contributed by atoms with E-state index in [9.17, 15) is 14.4 Å². The number of carboxylic acids is 1. The monoisotopic (exact) mass is 282 g/mol. The number of hydrogen-bond acceptors (Lipinski definition) is 4. The minimum Gasteiger partial charge on any atom is -0.478 e. The Labute approximate surface area is 113 Å². The zero-order valence-corrected chi connectivity index (χ0v) is 11.2. The van der Waals surface area contributed by atoms with E-state index in [2.05, 4.69) is 10.6 Å². The number of carbonyl (C=O) groups excluding carboxylic acids is 2. The molecule has 2 rings (SSSR count). The first kappa shape index (κ1) is 13.5. The summed E-state index contributed by atoms with van der Waals surface area (Å²) in [5, 5.41) is 14.6. The van der Waals surface area contributed by atoms with Crippen LogP contribution in [0.1, 0.15) is 35.0 Å². The van der Waals surface area contributed by atoms with Crippen molar-refractivity contribution in [3.63, 3.8) is 0 Å². The van der Waals surface area contributed by atoms with Gasteiger partial charge in [0.2, 0.25) is 11.8 Å². The molecular weight excluding hydrogens is 268 g/mol. The molecule has 0 bridgehead atoms. The van der Waals surface area contributed by atoms with E-state index in [1.807, 2.05) is 6.92 Å². The van der Waals surface area contributed by atoms with E-state index in [4.69, 9.17) is 5.11 Å². The van der Waals surface area contributed by atoms with E-state index in [0.717, 1.165) is 4.88 Å². The molecule has 1 aliphatic heterocycles. The van der Waals surface area contributed by atoms with Crippen LogP contribution in [0, 0.1) is 0 Å². The molecule has 1 aromatic heterocycles. The lowest BCUT2D eigenvalue weighted by Gasteiger charge is -2.10. The highest BCUT2D eigenvalue weighted by molar-refractivity contribution is 7.16. The van der Waals surface area contributed by atoms with Crippen molar-refractivity contribution in [1.29, 1.82) is 0 Å². The SMILES string of the molecule is CCc1cc(C(=O)O)c(NC(=O)[C@H]2CCC(=O)N2)s1. The highest BCUT2D eigenvalue weighted by Gasteiger charge is 2.28. The van der Waals surface area contributed by atoms with Crippen LogP contribution in [0.5, 0.6) is 0 Å². The van der Waals surface area contributed by atoms with E-state index in [1.54, 1.807) is 6.07 Å². The Hall–Kier alpha value is -1.89. The molecule has 1 aromatic rings. The van der Waals surface area contributed by atoms with Gasteiger partial charge in [-0.3, -0.25) is 9.59 Å². The van der Waals surface area contributed by atoms with Gasteiger partial charge in [0.1, 0.15) is 11.0 Å². The zero-order chi connectivity index (χ0) is 14.0. The summed E-state index contributed by atoms with van der Waals surface area (Å²) in [7, 11) is 0. The maximum absolute atomic E-state index is 11.9. The van der Waals surface area contributed by atoms with Crippen molar-refractivity contribution in [2.24, 2.45) is 0 Å². The van der Waals surface area contributed by atoms with Gasteiger partial charge in [0.05, 0.1) is 5.56 Å². The Kier molecular flexibility index (Phi) is 3.84. The van der Waals surface area contributed by atoms with Crippen molar-refractivity contribution in [3.05, 3.63) is 16.5 Å². The van der Waals surface area contributed by atoms with Crippen molar-refractivity contribution in [1.82, 2.24) is 5.32 Å². The molecule has 1 aliphatic rings. The van der Waals surface area contributed by atoms with Gasteiger partial charge in [-0.05, 0) is 18.9 Å². The quantitative estimate of drug-likeness (QED) is 0.774. The van der Waals surface area contributed by atoms with Gasteiger partial charge >= 0.3 is 5.97 Å². The second-order valence-electron chi connectivity index (χ2n) is 4.26. The first-order chi connectivity index (χ1) is 9.01. The van der Waals surface area contributed by atoms with Gasteiger partial charge in [-0.1, -0.05) is 6.92 Å². The third-order valence-electron chi connectivity index (χ3n) is 2.91. The fourth-order valence-electron chi connectivity index (χ4n) is 1.88. The third-order valence-corrected chi connectivity index (χ3v) is 4.11. The molecule has 7 heteroatoms. The van der Waals surface area contributed by atoms with E-state index in [-0.39, 0.29) is 17.4 Å². The number of carbonyl (C=O) groups is 3. The molecule has 0 spiro atoms. The van der Waals surface area contributed by atoms with Gasteiger partial charge in [-0.2, -0.15) is 0 Å². The van der Waals surface area contributed by atoms with Crippen LogP contribution in [0.3, 0.4) is 0 Å². The largest absolute Gasteiger partial charge is 0.478 e. The van der Waals surface area contributed by atoms with Crippen LogP contribution in [0.4, 0.5) is 5.00 Å². The van der Waals surface area contributed by atoms with Crippen molar-refractivity contribution >= 4 is 34.1 Å². The summed E-state index contributed by atoms with van der Waals surface area (Å²) in [6.45, 7) is 1.92. The van der Waals surface area contributed by atoms with Crippen molar-refractivity contribution in [2.75, 3.05) is 5.32 Å². The fourth-order valence-corrected chi connectivity index (χ4v) is 2.87. The molecule has 102 valence electrons. The number of amides is 2. The van der Waals surface area contributed by atoms with Crippen LogP contribution in [-0.2, 0) is 16.0 Å². The van der Waals surface area contributed by atoms with Crippen molar-refractivity contribution in [3.8, 4) is 0 Å². The molecule has 1 fully saturated rings. The smallest absolute Gasteiger partial charge is 0.338 e. The normalized spacial score (nSPS) is 18.2. The molecule has 1 saturated heterocycles. The minimum atomic E-state index is -1.07. The summed E-state index contributed by atoms with van der Waals surface area (Å²) in [5.41, 5.74) is 0.0968. The first-order valence-electron chi connectivity index (χ1n) is 5.97. The minimum absolute atomic E-state index is 0.0968. The van der Waals surface area contributed by atoms with Crippen LogP contribution in [0.25, 0.3) is 0 Å². The lowest BCUT2D eigenvalue weighted by atomic mass is 10.2. The highest BCUT2D eigenvalue weighted by atomic mass is 32.1. The van der Waals surface area contributed by atoms with Crippen LogP contribution in [-0.4, -0.2) is 28.9 Å². The Morgan fingerprint density at radius 2 is 2.32 bits per heavy atom. The second kappa shape index (κ2) is 5.40. The molecule has 3 N–H and O–H groups in total. The summed E-state index contributed by atoms with van der Waals surface area (Å²) in [6.07, 6.45) is 1.48. The van der Waals surface area contributed by atoms with Gasteiger partial charge in [-0.25, -0.2) is 4.79 Å². The molecule has 0 unspecified atom stereocenters. The molecule has 1 atom stereocenters. The third kappa shape index (κ3) is 2.93. The fraction of sp³-hybridized carbons (Fsp3) is 0.417. The summed E-state index contributed by atoms with van der Waals surface area (Å²) in [5.74, 6) is -1.58. The van der Waals surface area contributed by atoms with Crippen molar-refractivity contribution < 1.29 is 19.5 Å².